The number of amides is 2. The zero-order valence-electron chi connectivity index (χ0n) is 14.3. The third kappa shape index (κ3) is 5.10. The standard InChI is InChI=1S/C17H21F3N2O4/c1-26-13-4-2-3-12(9-13)14(23)10-21-15(24)11-5-7-22(8-6-11)16(25)17(18,19)20/h2-4,9,11,14,23H,5-8,10H2,1H3,(H,21,24). The molecule has 6 nitrogen and oxygen atoms in total. The van der Waals surface area contributed by atoms with Gasteiger partial charge in [0.2, 0.25) is 5.91 Å². The molecule has 0 spiro atoms. The topological polar surface area (TPSA) is 78.9 Å². The number of carbonyl (C=O) groups excluding carboxylic acids is 2. The summed E-state index contributed by atoms with van der Waals surface area (Å²) < 4.78 is 42.3. The summed E-state index contributed by atoms with van der Waals surface area (Å²) in [5.74, 6) is -2.12. The van der Waals surface area contributed by atoms with Crippen LogP contribution in [0.15, 0.2) is 24.3 Å². The average Bonchev–Trinajstić information content (AvgIpc) is 2.64. The van der Waals surface area contributed by atoms with Crippen molar-refractivity contribution in [2.75, 3.05) is 26.7 Å². The number of nitrogens with one attached hydrogen (secondary N) is 1. The molecule has 144 valence electrons. The minimum Gasteiger partial charge on any atom is -0.497 e. The number of benzene rings is 1. The molecule has 2 rings (SSSR count). The van der Waals surface area contributed by atoms with Crippen molar-refractivity contribution in [1.82, 2.24) is 10.2 Å². The molecule has 1 heterocycles. The molecule has 2 N–H and O–H groups in total. The van der Waals surface area contributed by atoms with Crippen LogP contribution in [-0.2, 0) is 9.59 Å². The van der Waals surface area contributed by atoms with E-state index in [4.69, 9.17) is 4.74 Å². The SMILES string of the molecule is COc1cccc(C(O)CNC(=O)C2CCN(C(=O)C(F)(F)F)CC2)c1. The van der Waals surface area contributed by atoms with Gasteiger partial charge in [-0.05, 0) is 30.5 Å². The molecule has 1 unspecified atom stereocenters. The number of piperidine rings is 1. The van der Waals surface area contributed by atoms with Crippen LogP contribution in [-0.4, -0.2) is 54.7 Å². The zero-order valence-corrected chi connectivity index (χ0v) is 14.3. The second-order valence-electron chi connectivity index (χ2n) is 6.10. The normalized spacial score (nSPS) is 16.9. The van der Waals surface area contributed by atoms with E-state index < -0.39 is 24.1 Å². The van der Waals surface area contributed by atoms with Crippen LogP contribution in [0.2, 0.25) is 0 Å². The maximum atomic E-state index is 12.4. The van der Waals surface area contributed by atoms with Gasteiger partial charge in [0, 0.05) is 25.6 Å². The predicted molar refractivity (Wildman–Crippen MR) is 86.3 cm³/mol. The van der Waals surface area contributed by atoms with Gasteiger partial charge < -0.3 is 20.1 Å². The second-order valence-corrected chi connectivity index (χ2v) is 6.10. The number of likely N-dealkylation sites (tertiary alicyclic amines) is 1. The fourth-order valence-corrected chi connectivity index (χ4v) is 2.83. The number of rotatable bonds is 5. The second kappa shape index (κ2) is 8.39. The van der Waals surface area contributed by atoms with Crippen molar-refractivity contribution < 1.29 is 32.6 Å². The number of alkyl halides is 3. The van der Waals surface area contributed by atoms with Gasteiger partial charge in [0.1, 0.15) is 5.75 Å². The first-order valence-corrected chi connectivity index (χ1v) is 8.18. The van der Waals surface area contributed by atoms with Gasteiger partial charge in [0.15, 0.2) is 0 Å². The summed E-state index contributed by atoms with van der Waals surface area (Å²) in [6.07, 6.45) is -5.51. The third-order valence-corrected chi connectivity index (χ3v) is 4.34. The van der Waals surface area contributed by atoms with E-state index in [2.05, 4.69) is 5.32 Å². The van der Waals surface area contributed by atoms with Gasteiger partial charge in [-0.15, -0.1) is 0 Å². The predicted octanol–water partition coefficient (Wildman–Crippen LogP) is 1.65. The molecule has 2 amide bonds. The van der Waals surface area contributed by atoms with Gasteiger partial charge in [-0.1, -0.05) is 12.1 Å². The first kappa shape index (κ1) is 20.0. The molecule has 1 aliphatic heterocycles. The Hall–Kier alpha value is -2.29. The number of aliphatic hydroxyl groups excluding tert-OH is 1. The van der Waals surface area contributed by atoms with Crippen LogP contribution in [0, 0.1) is 5.92 Å². The van der Waals surface area contributed by atoms with Crippen LogP contribution in [0.5, 0.6) is 5.75 Å². The van der Waals surface area contributed by atoms with Crippen LogP contribution in [0.3, 0.4) is 0 Å². The number of nitrogens with zero attached hydrogens (tertiary/aromatic N) is 1. The van der Waals surface area contributed by atoms with Crippen LogP contribution in [0.1, 0.15) is 24.5 Å². The van der Waals surface area contributed by atoms with Gasteiger partial charge in [-0.3, -0.25) is 9.59 Å². The lowest BCUT2D eigenvalue weighted by atomic mass is 9.95. The quantitative estimate of drug-likeness (QED) is 0.822. The minimum absolute atomic E-state index is 0.0201. The highest BCUT2D eigenvalue weighted by Crippen LogP contribution is 2.24. The fourth-order valence-electron chi connectivity index (χ4n) is 2.83. The molecule has 1 aromatic rings. The van der Waals surface area contributed by atoms with Crippen LogP contribution < -0.4 is 10.1 Å². The summed E-state index contributed by atoms with van der Waals surface area (Å²) in [4.78, 5) is 24.1. The fraction of sp³-hybridized carbons (Fsp3) is 0.529. The minimum atomic E-state index is -4.89. The van der Waals surface area contributed by atoms with Crippen LogP contribution in [0.4, 0.5) is 13.2 Å². The molecule has 0 saturated carbocycles. The highest BCUT2D eigenvalue weighted by molar-refractivity contribution is 5.83. The number of methoxy groups -OCH3 is 1. The van der Waals surface area contributed by atoms with Gasteiger partial charge in [-0.25, -0.2) is 0 Å². The molecular weight excluding hydrogens is 353 g/mol. The number of hydrogen-bond acceptors (Lipinski definition) is 4. The Morgan fingerprint density at radius 3 is 2.58 bits per heavy atom. The van der Waals surface area contributed by atoms with E-state index in [1.165, 1.54) is 7.11 Å². The highest BCUT2D eigenvalue weighted by atomic mass is 19.4. The average molecular weight is 374 g/mol. The zero-order chi connectivity index (χ0) is 19.3. The number of halogens is 3. The maximum absolute atomic E-state index is 12.4. The maximum Gasteiger partial charge on any atom is 0.471 e. The Morgan fingerprint density at radius 1 is 1.35 bits per heavy atom. The molecule has 26 heavy (non-hydrogen) atoms. The van der Waals surface area contributed by atoms with Crippen molar-refractivity contribution in [3.63, 3.8) is 0 Å². The first-order chi connectivity index (χ1) is 12.2. The van der Waals surface area contributed by atoms with Gasteiger partial charge >= 0.3 is 12.1 Å². The van der Waals surface area contributed by atoms with E-state index in [0.29, 0.717) is 11.3 Å². The molecule has 0 radical (unpaired) electrons. The lowest BCUT2D eigenvalue weighted by Gasteiger charge is -2.31. The van der Waals surface area contributed by atoms with Crippen molar-refractivity contribution in [1.29, 1.82) is 0 Å². The third-order valence-electron chi connectivity index (χ3n) is 4.34. The van der Waals surface area contributed by atoms with Crippen LogP contribution in [0.25, 0.3) is 0 Å². The molecule has 1 aliphatic rings. The van der Waals surface area contributed by atoms with Crippen molar-refractivity contribution in [3.05, 3.63) is 29.8 Å². The summed E-state index contributed by atoms with van der Waals surface area (Å²) in [6.45, 7) is -0.253. The number of aliphatic hydroxyl groups is 1. The monoisotopic (exact) mass is 374 g/mol. The van der Waals surface area contributed by atoms with E-state index in [1.54, 1.807) is 24.3 Å². The molecule has 9 heteroatoms. The van der Waals surface area contributed by atoms with Crippen molar-refractivity contribution in [2.45, 2.75) is 25.1 Å². The summed E-state index contributed by atoms with van der Waals surface area (Å²) in [7, 11) is 1.50. The Labute approximate surface area is 148 Å². The molecule has 0 aliphatic carbocycles. The Morgan fingerprint density at radius 2 is 2.00 bits per heavy atom. The molecular formula is C17H21F3N2O4. The van der Waals surface area contributed by atoms with Crippen LogP contribution >= 0.6 is 0 Å². The summed E-state index contributed by atoms with van der Waals surface area (Å²) in [6, 6.07) is 6.79. The molecule has 1 atom stereocenters. The van der Waals surface area contributed by atoms with Gasteiger partial charge in [0.25, 0.3) is 0 Å². The summed E-state index contributed by atoms with van der Waals surface area (Å²) >= 11 is 0. The summed E-state index contributed by atoms with van der Waals surface area (Å²) in [5.41, 5.74) is 0.579. The van der Waals surface area contributed by atoms with E-state index in [-0.39, 0.29) is 38.4 Å². The number of carbonyl (C=O) groups is 2. The van der Waals surface area contributed by atoms with E-state index >= 15 is 0 Å². The highest BCUT2D eigenvalue weighted by Gasteiger charge is 2.43. The lowest BCUT2D eigenvalue weighted by Crippen LogP contribution is -2.47. The summed E-state index contributed by atoms with van der Waals surface area (Å²) in [5, 5.41) is 12.8. The lowest BCUT2D eigenvalue weighted by molar-refractivity contribution is -0.186. The van der Waals surface area contributed by atoms with Gasteiger partial charge in [-0.2, -0.15) is 13.2 Å². The Bertz CT molecular complexity index is 643. The molecule has 1 saturated heterocycles. The van der Waals surface area contributed by atoms with Gasteiger partial charge in [0.05, 0.1) is 13.2 Å². The Kier molecular flexibility index (Phi) is 6.47. The Balaban J connectivity index is 1.81. The van der Waals surface area contributed by atoms with Crippen molar-refractivity contribution in [3.8, 4) is 5.75 Å². The molecule has 0 bridgehead atoms. The van der Waals surface area contributed by atoms with E-state index in [1.807, 2.05) is 0 Å². The van der Waals surface area contributed by atoms with Crippen molar-refractivity contribution in [2.24, 2.45) is 5.92 Å². The van der Waals surface area contributed by atoms with E-state index in [9.17, 15) is 27.9 Å². The number of hydrogen-bond donors (Lipinski definition) is 2. The van der Waals surface area contributed by atoms with Crippen molar-refractivity contribution >= 4 is 11.8 Å². The smallest absolute Gasteiger partial charge is 0.471 e. The molecule has 0 aromatic heterocycles. The first-order valence-electron chi connectivity index (χ1n) is 8.18. The number of ether oxygens (including phenoxy) is 1. The van der Waals surface area contributed by atoms with E-state index in [0.717, 1.165) is 4.90 Å². The molecule has 1 aromatic carbocycles. The molecule has 1 fully saturated rings. The largest absolute Gasteiger partial charge is 0.497 e.